The molecule has 0 aromatic carbocycles. The number of hydrogen-bond acceptors (Lipinski definition) is 5. The number of hydrogen-bond donors (Lipinski definition) is 2. The summed E-state index contributed by atoms with van der Waals surface area (Å²) in [6.07, 6.45) is 2.50. The van der Waals surface area contributed by atoms with Crippen LogP contribution < -0.4 is 5.32 Å². The molecule has 2 rings (SSSR count). The number of aromatic nitrogens is 1. The van der Waals surface area contributed by atoms with Crippen molar-refractivity contribution in [1.29, 1.82) is 0 Å². The first-order chi connectivity index (χ1) is 9.11. The number of nitrogens with zero attached hydrogens (tertiary/aromatic N) is 2. The van der Waals surface area contributed by atoms with Crippen molar-refractivity contribution in [3.05, 3.63) is 15.6 Å². The van der Waals surface area contributed by atoms with Crippen molar-refractivity contribution < 1.29 is 5.11 Å². The molecule has 4 nitrogen and oxygen atoms in total. The normalized spacial score (nSPS) is 21.2. The maximum Gasteiger partial charge on any atom is 0.0900 e. The Bertz CT molecular complexity index is 401. The Labute approximate surface area is 119 Å². The molecule has 108 valence electrons. The zero-order valence-corrected chi connectivity index (χ0v) is 13.0. The minimum absolute atomic E-state index is 0.208. The second-order valence-corrected chi connectivity index (χ2v) is 6.77. The number of rotatable bonds is 6. The lowest BCUT2D eigenvalue weighted by molar-refractivity contribution is 0.145. The lowest BCUT2D eigenvalue weighted by Crippen LogP contribution is -2.40. The third-order valence-electron chi connectivity index (χ3n) is 3.89. The molecule has 2 heterocycles. The van der Waals surface area contributed by atoms with Crippen LogP contribution in [0.1, 0.15) is 41.4 Å². The van der Waals surface area contributed by atoms with Gasteiger partial charge in [0.25, 0.3) is 0 Å². The molecule has 0 spiro atoms. The summed E-state index contributed by atoms with van der Waals surface area (Å²) in [5.74, 6) is 0. The van der Waals surface area contributed by atoms with Gasteiger partial charge in [0.2, 0.25) is 0 Å². The smallest absolute Gasteiger partial charge is 0.0900 e. The molecular weight excluding hydrogens is 258 g/mol. The molecule has 0 saturated carbocycles. The van der Waals surface area contributed by atoms with Crippen molar-refractivity contribution in [3.8, 4) is 0 Å². The SMILES string of the molecule is Cc1nc(C(C)N(CCO)CC2CCCN2)c(C)s1. The highest BCUT2D eigenvalue weighted by Gasteiger charge is 2.24. The molecule has 1 saturated heterocycles. The molecule has 2 atom stereocenters. The molecule has 0 aliphatic carbocycles. The van der Waals surface area contributed by atoms with E-state index in [0.717, 1.165) is 24.6 Å². The average Bonchev–Trinajstić information content (AvgIpc) is 2.97. The Morgan fingerprint density at radius 3 is 2.84 bits per heavy atom. The predicted octanol–water partition coefficient (Wildman–Crippen LogP) is 1.87. The molecule has 1 aliphatic rings. The van der Waals surface area contributed by atoms with Crippen molar-refractivity contribution in [2.24, 2.45) is 0 Å². The van der Waals surface area contributed by atoms with Gasteiger partial charge in [0, 0.05) is 24.0 Å². The molecule has 0 radical (unpaired) electrons. The van der Waals surface area contributed by atoms with Gasteiger partial charge in [0.15, 0.2) is 0 Å². The number of thiazole rings is 1. The standard InChI is InChI=1S/C14H25N3OS/c1-10(14-11(2)19-12(3)16-14)17(7-8-18)9-13-5-4-6-15-13/h10,13,15,18H,4-9H2,1-3H3. The zero-order chi connectivity index (χ0) is 13.8. The molecule has 1 aromatic heterocycles. The summed E-state index contributed by atoms with van der Waals surface area (Å²) in [7, 11) is 0. The lowest BCUT2D eigenvalue weighted by Gasteiger charge is -2.30. The van der Waals surface area contributed by atoms with Gasteiger partial charge in [-0.15, -0.1) is 11.3 Å². The predicted molar refractivity (Wildman–Crippen MR) is 79.7 cm³/mol. The van der Waals surface area contributed by atoms with E-state index in [0.29, 0.717) is 6.04 Å². The van der Waals surface area contributed by atoms with E-state index in [1.807, 2.05) is 0 Å². The fourth-order valence-corrected chi connectivity index (χ4v) is 3.78. The Balaban J connectivity index is 2.06. The summed E-state index contributed by atoms with van der Waals surface area (Å²) in [5, 5.41) is 14.0. The quantitative estimate of drug-likeness (QED) is 0.837. The van der Waals surface area contributed by atoms with Gasteiger partial charge in [0.1, 0.15) is 0 Å². The molecule has 19 heavy (non-hydrogen) atoms. The summed E-state index contributed by atoms with van der Waals surface area (Å²) >= 11 is 1.76. The van der Waals surface area contributed by atoms with Gasteiger partial charge in [-0.2, -0.15) is 0 Å². The van der Waals surface area contributed by atoms with Gasteiger partial charge in [0.05, 0.1) is 23.4 Å². The largest absolute Gasteiger partial charge is 0.395 e. The maximum absolute atomic E-state index is 9.30. The second-order valence-electron chi connectivity index (χ2n) is 5.36. The highest BCUT2D eigenvalue weighted by molar-refractivity contribution is 7.11. The summed E-state index contributed by atoms with van der Waals surface area (Å²) in [6, 6.07) is 0.841. The van der Waals surface area contributed by atoms with Gasteiger partial charge in [-0.1, -0.05) is 0 Å². The van der Waals surface area contributed by atoms with E-state index < -0.39 is 0 Å². The summed E-state index contributed by atoms with van der Waals surface area (Å²) < 4.78 is 0. The Kier molecular flexibility index (Phi) is 5.33. The van der Waals surface area contributed by atoms with Crippen molar-refractivity contribution in [2.45, 2.75) is 45.7 Å². The molecule has 0 bridgehead atoms. The van der Waals surface area contributed by atoms with E-state index in [1.165, 1.54) is 23.4 Å². The zero-order valence-electron chi connectivity index (χ0n) is 12.1. The van der Waals surface area contributed by atoms with Gasteiger partial charge < -0.3 is 10.4 Å². The molecule has 1 aromatic rings. The topological polar surface area (TPSA) is 48.4 Å². The number of aliphatic hydroxyl groups is 1. The molecule has 1 aliphatic heterocycles. The first-order valence-corrected chi connectivity index (χ1v) is 7.95. The van der Waals surface area contributed by atoms with E-state index in [2.05, 4.69) is 36.0 Å². The van der Waals surface area contributed by atoms with Crippen molar-refractivity contribution in [3.63, 3.8) is 0 Å². The van der Waals surface area contributed by atoms with Crippen molar-refractivity contribution in [2.75, 3.05) is 26.2 Å². The van der Waals surface area contributed by atoms with E-state index in [1.54, 1.807) is 11.3 Å². The van der Waals surface area contributed by atoms with E-state index in [-0.39, 0.29) is 12.6 Å². The van der Waals surface area contributed by atoms with Crippen LogP contribution in [-0.4, -0.2) is 47.3 Å². The summed E-state index contributed by atoms with van der Waals surface area (Å²) in [5.41, 5.74) is 1.17. The fourth-order valence-electron chi connectivity index (χ4n) is 2.87. The molecule has 2 N–H and O–H groups in total. The average molecular weight is 283 g/mol. The van der Waals surface area contributed by atoms with Crippen LogP contribution in [0.3, 0.4) is 0 Å². The third kappa shape index (κ3) is 3.75. The van der Waals surface area contributed by atoms with Gasteiger partial charge in [-0.25, -0.2) is 4.98 Å². The number of aliphatic hydroxyl groups excluding tert-OH is 1. The third-order valence-corrected chi connectivity index (χ3v) is 4.79. The number of nitrogens with one attached hydrogen (secondary N) is 1. The molecule has 2 unspecified atom stereocenters. The highest BCUT2D eigenvalue weighted by Crippen LogP contribution is 2.27. The van der Waals surface area contributed by atoms with Crippen LogP contribution in [0.2, 0.25) is 0 Å². The maximum atomic E-state index is 9.30. The number of aryl methyl sites for hydroxylation is 2. The Morgan fingerprint density at radius 1 is 1.53 bits per heavy atom. The fraction of sp³-hybridized carbons (Fsp3) is 0.786. The van der Waals surface area contributed by atoms with Crippen molar-refractivity contribution in [1.82, 2.24) is 15.2 Å². The van der Waals surface area contributed by atoms with Crippen LogP contribution in [0, 0.1) is 13.8 Å². The van der Waals surface area contributed by atoms with Gasteiger partial charge in [-0.3, -0.25) is 4.90 Å². The minimum atomic E-state index is 0.208. The van der Waals surface area contributed by atoms with Crippen LogP contribution in [0.5, 0.6) is 0 Å². The van der Waals surface area contributed by atoms with Crippen LogP contribution in [0.25, 0.3) is 0 Å². The van der Waals surface area contributed by atoms with E-state index >= 15 is 0 Å². The van der Waals surface area contributed by atoms with Crippen LogP contribution >= 0.6 is 11.3 Å². The monoisotopic (exact) mass is 283 g/mol. The molecular formula is C14H25N3OS. The molecule has 1 fully saturated rings. The van der Waals surface area contributed by atoms with Crippen LogP contribution in [0.4, 0.5) is 0 Å². The summed E-state index contributed by atoms with van der Waals surface area (Å²) in [6.45, 7) is 9.45. The Morgan fingerprint density at radius 2 is 2.32 bits per heavy atom. The molecule has 5 heteroatoms. The highest BCUT2D eigenvalue weighted by atomic mass is 32.1. The van der Waals surface area contributed by atoms with Gasteiger partial charge in [-0.05, 0) is 40.2 Å². The van der Waals surface area contributed by atoms with Crippen LogP contribution in [0.15, 0.2) is 0 Å². The molecule has 0 amide bonds. The first-order valence-electron chi connectivity index (χ1n) is 7.14. The summed E-state index contributed by atoms with van der Waals surface area (Å²) in [4.78, 5) is 8.31. The van der Waals surface area contributed by atoms with E-state index in [4.69, 9.17) is 0 Å². The minimum Gasteiger partial charge on any atom is -0.395 e. The lowest BCUT2D eigenvalue weighted by atomic mass is 10.1. The van der Waals surface area contributed by atoms with Crippen LogP contribution in [-0.2, 0) is 0 Å². The second kappa shape index (κ2) is 6.79. The Hall–Kier alpha value is -0.490. The first kappa shape index (κ1) is 14.9. The van der Waals surface area contributed by atoms with E-state index in [9.17, 15) is 5.11 Å². The van der Waals surface area contributed by atoms with Gasteiger partial charge >= 0.3 is 0 Å². The van der Waals surface area contributed by atoms with Crippen molar-refractivity contribution >= 4 is 11.3 Å².